The lowest BCUT2D eigenvalue weighted by Crippen LogP contribution is -2.30. The van der Waals surface area contributed by atoms with E-state index in [9.17, 15) is 2.74 Å². The molecule has 3 aromatic carbocycles. The van der Waals surface area contributed by atoms with Gasteiger partial charge in [0.05, 0.1) is 18.3 Å². The smallest absolute Gasteiger partial charge is 0.294 e. The Morgan fingerprint density at radius 3 is 2.27 bits per heavy atom. The van der Waals surface area contributed by atoms with Gasteiger partial charge in [0.25, 0.3) is 5.82 Å². The molecule has 0 atom stereocenters. The van der Waals surface area contributed by atoms with Crippen LogP contribution in [0.15, 0.2) is 79.4 Å². The SMILES string of the molecule is [2H]C(C)(C)c1cc(-c2ccccc2)cc(C([2H])(C)C)c1-n1cc[n+](C)c1-c1c(C)ccc2c1Cc1nccn1-2. The van der Waals surface area contributed by atoms with Crippen LogP contribution in [0.2, 0.25) is 0 Å². The van der Waals surface area contributed by atoms with Crippen molar-refractivity contribution in [2.24, 2.45) is 7.05 Å². The summed E-state index contributed by atoms with van der Waals surface area (Å²) < 4.78 is 25.0. The lowest BCUT2D eigenvalue weighted by atomic mass is 9.88. The number of benzene rings is 3. The molecule has 0 fully saturated rings. The zero-order valence-electron chi connectivity index (χ0n) is 24.5. The van der Waals surface area contributed by atoms with Gasteiger partial charge in [-0.2, -0.15) is 4.57 Å². The van der Waals surface area contributed by atoms with Crippen molar-refractivity contribution in [3.05, 3.63) is 107 Å². The highest BCUT2D eigenvalue weighted by atomic mass is 15.1. The lowest BCUT2D eigenvalue weighted by molar-refractivity contribution is -0.659. The van der Waals surface area contributed by atoms with Crippen molar-refractivity contribution in [2.75, 3.05) is 0 Å². The number of rotatable bonds is 5. The Morgan fingerprint density at radius 2 is 1.59 bits per heavy atom. The van der Waals surface area contributed by atoms with Gasteiger partial charge < -0.3 is 4.57 Å². The highest BCUT2D eigenvalue weighted by molar-refractivity contribution is 5.75. The Labute approximate surface area is 222 Å². The Kier molecular flexibility index (Phi) is 5.09. The van der Waals surface area contributed by atoms with E-state index in [1.165, 1.54) is 16.7 Å². The summed E-state index contributed by atoms with van der Waals surface area (Å²) in [6.07, 6.45) is 8.83. The molecular weight excluding hydrogens is 452 g/mol. The average Bonchev–Trinajstić information content (AvgIpc) is 3.58. The second-order valence-corrected chi connectivity index (χ2v) is 10.5. The Bertz CT molecular complexity index is 1680. The molecular formula is C33H35N4+. The first kappa shape index (κ1) is 21.2. The molecule has 3 heterocycles. The minimum absolute atomic E-state index is 0.769. The first-order valence-electron chi connectivity index (χ1n) is 13.9. The molecule has 4 nitrogen and oxygen atoms in total. The summed E-state index contributed by atoms with van der Waals surface area (Å²) in [4.78, 5) is 4.60. The molecule has 0 radical (unpaired) electrons. The summed E-state index contributed by atoms with van der Waals surface area (Å²) in [6.45, 7) is 9.92. The van der Waals surface area contributed by atoms with Crippen LogP contribution in [0, 0.1) is 6.92 Å². The van der Waals surface area contributed by atoms with Gasteiger partial charge in [0, 0.05) is 32.7 Å². The van der Waals surface area contributed by atoms with Gasteiger partial charge in [0.2, 0.25) is 0 Å². The third-order valence-corrected chi connectivity index (χ3v) is 7.57. The second kappa shape index (κ2) is 8.88. The van der Waals surface area contributed by atoms with Gasteiger partial charge >= 0.3 is 0 Å². The zero-order chi connectivity index (χ0) is 27.7. The van der Waals surface area contributed by atoms with Gasteiger partial charge in [-0.3, -0.25) is 0 Å². The van der Waals surface area contributed by atoms with Crippen molar-refractivity contribution >= 4 is 0 Å². The number of hydrogen-bond donors (Lipinski definition) is 0. The van der Waals surface area contributed by atoms with Gasteiger partial charge in [0.1, 0.15) is 23.9 Å². The molecule has 0 saturated heterocycles. The molecule has 0 spiro atoms. The van der Waals surface area contributed by atoms with E-state index in [4.69, 9.17) is 0 Å². The fourth-order valence-corrected chi connectivity index (χ4v) is 5.72. The highest BCUT2D eigenvalue weighted by Crippen LogP contribution is 2.40. The molecule has 4 heteroatoms. The quantitative estimate of drug-likeness (QED) is 0.234. The third-order valence-electron chi connectivity index (χ3n) is 7.57. The van der Waals surface area contributed by atoms with Crippen molar-refractivity contribution in [1.82, 2.24) is 14.1 Å². The van der Waals surface area contributed by atoms with E-state index in [0.29, 0.717) is 0 Å². The van der Waals surface area contributed by atoms with Gasteiger partial charge in [-0.25, -0.2) is 9.55 Å². The minimum Gasteiger partial charge on any atom is -0.303 e. The number of nitrogens with zero attached hydrogens (tertiary/aromatic N) is 4. The van der Waals surface area contributed by atoms with Crippen molar-refractivity contribution in [2.45, 2.75) is 52.8 Å². The number of hydrogen-bond acceptors (Lipinski definition) is 1. The summed E-state index contributed by atoms with van der Waals surface area (Å²) in [5.41, 5.74) is 9.62. The number of aryl methyl sites for hydroxylation is 2. The molecule has 0 aliphatic carbocycles. The average molecular weight is 490 g/mol. The van der Waals surface area contributed by atoms with Gasteiger partial charge in [-0.15, -0.1) is 0 Å². The fourth-order valence-electron chi connectivity index (χ4n) is 5.72. The Balaban J connectivity index is 1.68. The van der Waals surface area contributed by atoms with Crippen LogP contribution in [-0.4, -0.2) is 14.1 Å². The number of aromatic nitrogens is 4. The van der Waals surface area contributed by atoms with Crippen LogP contribution in [0.4, 0.5) is 0 Å². The maximum Gasteiger partial charge on any atom is 0.294 e. The van der Waals surface area contributed by atoms with Crippen LogP contribution in [0.1, 0.15) is 70.3 Å². The molecule has 0 bridgehead atoms. The normalized spacial score (nSPS) is 13.8. The summed E-state index contributed by atoms with van der Waals surface area (Å²) in [5.74, 6) is 0.302. The highest BCUT2D eigenvalue weighted by Gasteiger charge is 2.32. The van der Waals surface area contributed by atoms with E-state index in [1.807, 2.05) is 58.3 Å². The zero-order valence-corrected chi connectivity index (χ0v) is 22.5. The summed E-state index contributed by atoms with van der Waals surface area (Å²) in [6, 6.07) is 18.9. The van der Waals surface area contributed by atoms with E-state index in [1.54, 1.807) is 0 Å². The predicted molar refractivity (Wildman–Crippen MR) is 151 cm³/mol. The van der Waals surface area contributed by atoms with Crippen molar-refractivity contribution in [3.63, 3.8) is 0 Å². The van der Waals surface area contributed by atoms with Crippen LogP contribution in [-0.2, 0) is 13.5 Å². The van der Waals surface area contributed by atoms with Crippen molar-refractivity contribution in [3.8, 4) is 33.9 Å². The Morgan fingerprint density at radius 1 is 0.892 bits per heavy atom. The minimum atomic E-state index is -0.893. The Hall–Kier alpha value is -3.92. The molecule has 2 aromatic heterocycles. The number of imidazole rings is 2. The molecule has 0 amide bonds. The third kappa shape index (κ3) is 3.74. The topological polar surface area (TPSA) is 26.6 Å². The van der Waals surface area contributed by atoms with Gasteiger partial charge in [-0.1, -0.05) is 64.1 Å². The second-order valence-electron chi connectivity index (χ2n) is 10.5. The van der Waals surface area contributed by atoms with Crippen molar-refractivity contribution < 1.29 is 7.31 Å². The molecule has 186 valence electrons. The van der Waals surface area contributed by atoms with Crippen LogP contribution in [0.3, 0.4) is 0 Å². The van der Waals surface area contributed by atoms with Crippen LogP contribution in [0.25, 0.3) is 33.9 Å². The molecule has 5 aromatic rings. The lowest BCUT2D eigenvalue weighted by Gasteiger charge is -2.21. The van der Waals surface area contributed by atoms with Crippen LogP contribution < -0.4 is 4.57 Å². The predicted octanol–water partition coefficient (Wildman–Crippen LogP) is 7.28. The molecule has 1 aliphatic rings. The molecule has 0 N–H and O–H groups in total. The van der Waals surface area contributed by atoms with Gasteiger partial charge in [0.15, 0.2) is 0 Å². The molecule has 6 rings (SSSR count). The van der Waals surface area contributed by atoms with E-state index in [0.717, 1.165) is 51.7 Å². The molecule has 1 aliphatic heterocycles. The van der Waals surface area contributed by atoms with E-state index in [2.05, 4.69) is 81.4 Å². The first-order valence-corrected chi connectivity index (χ1v) is 12.9. The van der Waals surface area contributed by atoms with Crippen LogP contribution in [0.5, 0.6) is 0 Å². The van der Waals surface area contributed by atoms with E-state index in [-0.39, 0.29) is 0 Å². The van der Waals surface area contributed by atoms with Gasteiger partial charge in [-0.05, 0) is 59.2 Å². The van der Waals surface area contributed by atoms with Crippen LogP contribution >= 0.6 is 0 Å². The molecule has 0 unspecified atom stereocenters. The monoisotopic (exact) mass is 489 g/mol. The first-order chi connectivity index (χ1) is 18.4. The summed E-state index contributed by atoms with van der Waals surface area (Å²) in [5, 5.41) is 0. The van der Waals surface area contributed by atoms with E-state index >= 15 is 0 Å². The maximum absolute atomic E-state index is 9.24. The fraction of sp³-hybridized carbons (Fsp3) is 0.273. The maximum atomic E-state index is 9.24. The van der Waals surface area contributed by atoms with Crippen molar-refractivity contribution in [1.29, 1.82) is 0 Å². The summed E-state index contributed by atoms with van der Waals surface area (Å²) in [7, 11) is 2.08. The molecule has 0 saturated carbocycles. The largest absolute Gasteiger partial charge is 0.303 e. The molecule has 37 heavy (non-hydrogen) atoms. The summed E-state index contributed by atoms with van der Waals surface area (Å²) >= 11 is 0. The number of fused-ring (bicyclic) bond motifs is 3. The standard InChI is InChI=1S/C33H35N4/c1-21(2)26-18-25(24-10-8-7-9-11-24)19-27(22(3)4)32(26)37-17-16-35(6)33(37)31-23(5)12-13-29-28(31)20-30-34-14-15-36(29)30/h7-19,21-22H,20H2,1-6H3/q+1/i21D,22D. The van der Waals surface area contributed by atoms with E-state index < -0.39 is 11.8 Å².